The van der Waals surface area contributed by atoms with E-state index in [1.54, 1.807) is 6.92 Å². The van der Waals surface area contributed by atoms with Gasteiger partial charge in [0, 0.05) is 12.6 Å². The summed E-state index contributed by atoms with van der Waals surface area (Å²) in [5.74, 6) is -2.23. The zero-order valence-corrected chi connectivity index (χ0v) is 11.6. The minimum Gasteiger partial charge on any atom is -0.371 e. The number of anilines is 1. The molecule has 1 N–H and O–H groups in total. The molecule has 0 bridgehead atoms. The number of amides is 2. The predicted octanol–water partition coefficient (Wildman–Crippen LogP) is 2.29. The number of imide groups is 1. The third-order valence-corrected chi connectivity index (χ3v) is 3.51. The number of halogens is 3. The lowest BCUT2D eigenvalue weighted by Gasteiger charge is -2.15. The smallest absolute Gasteiger partial charge is 0.252 e. The summed E-state index contributed by atoms with van der Waals surface area (Å²) in [6.45, 7) is 1.97. The fourth-order valence-electron chi connectivity index (χ4n) is 1.95. The highest BCUT2D eigenvalue weighted by Crippen LogP contribution is 2.26. The van der Waals surface area contributed by atoms with Gasteiger partial charge in [0.25, 0.3) is 5.91 Å². The van der Waals surface area contributed by atoms with Crippen LogP contribution in [0.3, 0.4) is 0 Å². The molecule has 0 radical (unpaired) electrons. The Hall–Kier alpha value is -1.50. The van der Waals surface area contributed by atoms with Crippen molar-refractivity contribution >= 4 is 33.4 Å². The highest BCUT2D eigenvalue weighted by molar-refractivity contribution is 9.10. The first-order valence-electron chi connectivity index (χ1n) is 5.69. The predicted molar refractivity (Wildman–Crippen MR) is 68.5 cm³/mol. The average Bonchev–Trinajstić information content (AvgIpc) is 2.61. The number of carbonyl (C=O) groups excluding carboxylic acids is 2. The van der Waals surface area contributed by atoms with E-state index in [-0.39, 0.29) is 29.0 Å². The molecular weight excluding hydrogens is 322 g/mol. The normalized spacial score (nSPS) is 19.2. The number of hydrogen-bond acceptors (Lipinski definition) is 3. The molecule has 0 aromatic heterocycles. The highest BCUT2D eigenvalue weighted by Gasteiger charge is 2.37. The molecule has 1 aliphatic rings. The molecule has 1 aromatic rings. The van der Waals surface area contributed by atoms with Gasteiger partial charge in [0.05, 0.1) is 16.6 Å². The molecule has 0 aliphatic carbocycles. The van der Waals surface area contributed by atoms with Crippen molar-refractivity contribution in [1.82, 2.24) is 4.90 Å². The Kier molecular flexibility index (Phi) is 3.84. The maximum Gasteiger partial charge on any atom is 0.252 e. The molecule has 19 heavy (non-hydrogen) atoms. The maximum absolute atomic E-state index is 13.6. The van der Waals surface area contributed by atoms with Crippen LogP contribution < -0.4 is 5.32 Å². The zero-order chi connectivity index (χ0) is 14.2. The Bertz CT molecular complexity index is 551. The second kappa shape index (κ2) is 5.24. The summed E-state index contributed by atoms with van der Waals surface area (Å²) in [5, 5.41) is 2.64. The first-order chi connectivity index (χ1) is 8.93. The van der Waals surface area contributed by atoms with E-state index in [1.165, 1.54) is 6.07 Å². The molecule has 1 aliphatic heterocycles. The van der Waals surface area contributed by atoms with Crippen molar-refractivity contribution in [3.63, 3.8) is 0 Å². The van der Waals surface area contributed by atoms with Crippen LogP contribution in [0.1, 0.15) is 13.3 Å². The molecule has 7 heteroatoms. The summed E-state index contributed by atoms with van der Waals surface area (Å²) in [4.78, 5) is 24.5. The number of nitrogens with one attached hydrogen (secondary N) is 1. The molecule has 1 saturated heterocycles. The van der Waals surface area contributed by atoms with Gasteiger partial charge in [-0.05, 0) is 28.9 Å². The monoisotopic (exact) mass is 332 g/mol. The van der Waals surface area contributed by atoms with Gasteiger partial charge < -0.3 is 5.32 Å². The van der Waals surface area contributed by atoms with Crippen LogP contribution >= 0.6 is 15.9 Å². The standard InChI is InChI=1S/C12H11BrF2N2O2/c1-2-17-11(18)5-10(12(17)19)16-9-3-6(13)7(14)4-8(9)15/h3-4,10,16H,2,5H2,1H3. The van der Waals surface area contributed by atoms with Gasteiger partial charge in [0.15, 0.2) is 0 Å². The number of rotatable bonds is 3. The van der Waals surface area contributed by atoms with Crippen LogP contribution in [-0.4, -0.2) is 29.3 Å². The molecule has 1 atom stereocenters. The highest BCUT2D eigenvalue weighted by atomic mass is 79.9. The lowest BCUT2D eigenvalue weighted by atomic mass is 10.2. The van der Waals surface area contributed by atoms with Crippen molar-refractivity contribution < 1.29 is 18.4 Å². The fourth-order valence-corrected chi connectivity index (χ4v) is 2.29. The van der Waals surface area contributed by atoms with Gasteiger partial charge in [-0.15, -0.1) is 0 Å². The lowest BCUT2D eigenvalue weighted by Crippen LogP contribution is -2.34. The maximum atomic E-state index is 13.6. The number of carbonyl (C=O) groups is 2. The summed E-state index contributed by atoms with van der Waals surface area (Å²) in [6.07, 6.45) is -0.0267. The number of hydrogen-bond donors (Lipinski definition) is 1. The third kappa shape index (κ3) is 2.60. The van der Waals surface area contributed by atoms with E-state index < -0.39 is 23.6 Å². The summed E-state index contributed by atoms with van der Waals surface area (Å²) >= 11 is 2.94. The molecule has 4 nitrogen and oxygen atoms in total. The van der Waals surface area contributed by atoms with E-state index in [4.69, 9.17) is 0 Å². The summed E-state index contributed by atoms with van der Waals surface area (Å²) in [7, 11) is 0. The lowest BCUT2D eigenvalue weighted by molar-refractivity contribution is -0.138. The molecule has 1 fully saturated rings. The van der Waals surface area contributed by atoms with E-state index in [9.17, 15) is 18.4 Å². The van der Waals surface area contributed by atoms with E-state index in [1.807, 2.05) is 0 Å². The summed E-state index contributed by atoms with van der Waals surface area (Å²) in [5.41, 5.74) is -0.0163. The fraction of sp³-hybridized carbons (Fsp3) is 0.333. The van der Waals surface area contributed by atoms with Crippen LogP contribution in [0.4, 0.5) is 14.5 Å². The Morgan fingerprint density at radius 3 is 2.63 bits per heavy atom. The number of likely N-dealkylation sites (tertiary alicyclic amines) is 1. The molecule has 102 valence electrons. The zero-order valence-electron chi connectivity index (χ0n) is 10.0. The Morgan fingerprint density at radius 2 is 2.05 bits per heavy atom. The second-order valence-electron chi connectivity index (χ2n) is 4.12. The summed E-state index contributed by atoms with van der Waals surface area (Å²) in [6, 6.07) is 1.11. The Labute approximate surface area is 116 Å². The van der Waals surface area contributed by atoms with Crippen molar-refractivity contribution in [3.05, 3.63) is 28.2 Å². The number of nitrogens with zero attached hydrogens (tertiary/aromatic N) is 1. The van der Waals surface area contributed by atoms with Crippen LogP contribution in [0.2, 0.25) is 0 Å². The molecule has 2 amide bonds. The topological polar surface area (TPSA) is 49.4 Å². The van der Waals surface area contributed by atoms with Crippen LogP contribution in [0, 0.1) is 11.6 Å². The van der Waals surface area contributed by atoms with Crippen LogP contribution in [0.25, 0.3) is 0 Å². The minimum atomic E-state index is -0.809. The SMILES string of the molecule is CCN1C(=O)CC(Nc2cc(Br)c(F)cc2F)C1=O. The van der Waals surface area contributed by atoms with E-state index in [0.29, 0.717) is 6.07 Å². The molecule has 0 spiro atoms. The summed E-state index contributed by atoms with van der Waals surface area (Å²) < 4.78 is 26.7. The van der Waals surface area contributed by atoms with Gasteiger partial charge in [-0.3, -0.25) is 14.5 Å². The van der Waals surface area contributed by atoms with Gasteiger partial charge >= 0.3 is 0 Å². The average molecular weight is 333 g/mol. The molecule has 2 rings (SSSR count). The second-order valence-corrected chi connectivity index (χ2v) is 4.98. The largest absolute Gasteiger partial charge is 0.371 e. The molecular formula is C12H11BrF2N2O2. The van der Waals surface area contributed by atoms with Crippen molar-refractivity contribution in [3.8, 4) is 0 Å². The number of benzene rings is 1. The van der Waals surface area contributed by atoms with Gasteiger partial charge in [-0.1, -0.05) is 0 Å². The minimum absolute atomic E-state index is 0.0163. The van der Waals surface area contributed by atoms with E-state index >= 15 is 0 Å². The van der Waals surface area contributed by atoms with Gasteiger partial charge in [0.2, 0.25) is 5.91 Å². The molecule has 1 aromatic carbocycles. The van der Waals surface area contributed by atoms with Gasteiger partial charge in [-0.25, -0.2) is 8.78 Å². The van der Waals surface area contributed by atoms with Crippen molar-refractivity contribution in [1.29, 1.82) is 0 Å². The van der Waals surface area contributed by atoms with Gasteiger partial charge in [0.1, 0.15) is 17.7 Å². The molecule has 0 saturated carbocycles. The van der Waals surface area contributed by atoms with Gasteiger partial charge in [-0.2, -0.15) is 0 Å². The van der Waals surface area contributed by atoms with E-state index in [2.05, 4.69) is 21.2 Å². The van der Waals surface area contributed by atoms with Crippen molar-refractivity contribution in [2.75, 3.05) is 11.9 Å². The Balaban J connectivity index is 2.21. The first-order valence-corrected chi connectivity index (χ1v) is 6.48. The molecule has 1 heterocycles. The van der Waals surface area contributed by atoms with Crippen molar-refractivity contribution in [2.45, 2.75) is 19.4 Å². The third-order valence-electron chi connectivity index (χ3n) is 2.90. The van der Waals surface area contributed by atoms with Crippen LogP contribution in [0.15, 0.2) is 16.6 Å². The molecule has 1 unspecified atom stereocenters. The van der Waals surface area contributed by atoms with E-state index in [0.717, 1.165) is 4.90 Å². The first kappa shape index (κ1) is 13.9. The van der Waals surface area contributed by atoms with Crippen LogP contribution in [0.5, 0.6) is 0 Å². The van der Waals surface area contributed by atoms with Crippen LogP contribution in [-0.2, 0) is 9.59 Å². The Morgan fingerprint density at radius 1 is 1.37 bits per heavy atom. The quantitative estimate of drug-likeness (QED) is 0.682. The number of likely N-dealkylation sites (N-methyl/N-ethyl adjacent to an activating group) is 1. The van der Waals surface area contributed by atoms with Crippen molar-refractivity contribution in [2.24, 2.45) is 0 Å².